The standard InChI is InChI=1S/C18H24N4O/c1-2-6-15(19)18(23)21-17-11-12-20-22(17)16-10-5-8-13-7-3-4-9-14(13)16/h3-4,7,9,11-12,15-16H,2,5-6,8,10,19H2,1H3,(H,21,23). The Morgan fingerprint density at radius 2 is 2.26 bits per heavy atom. The number of nitrogens with one attached hydrogen (secondary N) is 1. The highest BCUT2D eigenvalue weighted by molar-refractivity contribution is 5.93. The largest absolute Gasteiger partial charge is 0.320 e. The molecule has 0 saturated heterocycles. The molecule has 0 fully saturated rings. The van der Waals surface area contributed by atoms with Gasteiger partial charge in [-0.15, -0.1) is 0 Å². The molecular formula is C18H24N4O. The van der Waals surface area contributed by atoms with Crippen molar-refractivity contribution in [2.75, 3.05) is 5.32 Å². The van der Waals surface area contributed by atoms with Gasteiger partial charge in [-0.3, -0.25) is 4.79 Å². The maximum Gasteiger partial charge on any atom is 0.242 e. The predicted molar refractivity (Wildman–Crippen MR) is 91.3 cm³/mol. The molecule has 3 rings (SSSR count). The van der Waals surface area contributed by atoms with Crippen molar-refractivity contribution in [2.45, 2.75) is 51.1 Å². The number of rotatable bonds is 5. The van der Waals surface area contributed by atoms with Crippen LogP contribution in [0.1, 0.15) is 49.8 Å². The van der Waals surface area contributed by atoms with Crippen molar-refractivity contribution in [2.24, 2.45) is 5.73 Å². The van der Waals surface area contributed by atoms with Crippen molar-refractivity contribution in [3.05, 3.63) is 47.7 Å². The molecule has 2 atom stereocenters. The van der Waals surface area contributed by atoms with Gasteiger partial charge in [0.25, 0.3) is 0 Å². The van der Waals surface area contributed by atoms with E-state index < -0.39 is 6.04 Å². The van der Waals surface area contributed by atoms with E-state index >= 15 is 0 Å². The van der Waals surface area contributed by atoms with Crippen LogP contribution in [0.15, 0.2) is 36.5 Å². The number of aryl methyl sites for hydroxylation is 1. The summed E-state index contributed by atoms with van der Waals surface area (Å²) in [5.74, 6) is 0.584. The molecule has 5 heteroatoms. The van der Waals surface area contributed by atoms with E-state index in [2.05, 4.69) is 34.7 Å². The first-order valence-corrected chi connectivity index (χ1v) is 8.38. The molecule has 2 aromatic rings. The summed E-state index contributed by atoms with van der Waals surface area (Å²) >= 11 is 0. The van der Waals surface area contributed by atoms with Gasteiger partial charge >= 0.3 is 0 Å². The Bertz CT molecular complexity index is 679. The van der Waals surface area contributed by atoms with Crippen LogP contribution in [-0.2, 0) is 11.2 Å². The zero-order chi connectivity index (χ0) is 16.2. The van der Waals surface area contributed by atoms with E-state index in [9.17, 15) is 4.79 Å². The summed E-state index contributed by atoms with van der Waals surface area (Å²) in [6.45, 7) is 2.02. The fourth-order valence-corrected chi connectivity index (χ4v) is 3.30. The van der Waals surface area contributed by atoms with Crippen molar-refractivity contribution in [1.82, 2.24) is 9.78 Å². The number of nitrogens with two attached hydrogens (primary N) is 1. The van der Waals surface area contributed by atoms with Crippen LogP contribution in [0.4, 0.5) is 5.82 Å². The molecule has 3 N–H and O–H groups in total. The fraction of sp³-hybridized carbons (Fsp3) is 0.444. The molecule has 1 aliphatic rings. The summed E-state index contributed by atoms with van der Waals surface area (Å²) in [6, 6.07) is 10.0. The Hall–Kier alpha value is -2.14. The van der Waals surface area contributed by atoms with E-state index in [-0.39, 0.29) is 11.9 Å². The zero-order valence-corrected chi connectivity index (χ0v) is 13.5. The van der Waals surface area contributed by atoms with Crippen LogP contribution in [0.2, 0.25) is 0 Å². The molecule has 122 valence electrons. The molecular weight excluding hydrogens is 288 g/mol. The summed E-state index contributed by atoms with van der Waals surface area (Å²) < 4.78 is 1.93. The van der Waals surface area contributed by atoms with E-state index in [1.165, 1.54) is 11.1 Å². The Labute approximate surface area is 136 Å². The highest BCUT2D eigenvalue weighted by Crippen LogP contribution is 2.34. The van der Waals surface area contributed by atoms with E-state index in [0.717, 1.165) is 31.5 Å². The first-order valence-electron chi connectivity index (χ1n) is 8.38. The van der Waals surface area contributed by atoms with E-state index in [1.54, 1.807) is 6.20 Å². The second-order valence-electron chi connectivity index (χ2n) is 6.15. The average Bonchev–Trinajstić information content (AvgIpc) is 3.02. The lowest BCUT2D eigenvalue weighted by atomic mass is 9.88. The summed E-state index contributed by atoms with van der Waals surface area (Å²) in [5.41, 5.74) is 8.58. The number of benzene rings is 1. The van der Waals surface area contributed by atoms with Gasteiger partial charge in [0.15, 0.2) is 0 Å². The molecule has 0 aliphatic heterocycles. The van der Waals surface area contributed by atoms with Crippen molar-refractivity contribution in [3.8, 4) is 0 Å². The van der Waals surface area contributed by atoms with Gasteiger partial charge in [-0.1, -0.05) is 37.6 Å². The van der Waals surface area contributed by atoms with Gasteiger partial charge in [-0.05, 0) is 36.8 Å². The van der Waals surface area contributed by atoms with Gasteiger partial charge in [0.05, 0.1) is 18.3 Å². The van der Waals surface area contributed by atoms with Gasteiger partial charge in [-0.25, -0.2) is 4.68 Å². The molecule has 0 radical (unpaired) electrons. The first-order chi connectivity index (χ1) is 11.2. The summed E-state index contributed by atoms with van der Waals surface area (Å²) in [5, 5.41) is 7.40. The van der Waals surface area contributed by atoms with Gasteiger partial charge in [0.1, 0.15) is 5.82 Å². The predicted octanol–water partition coefficient (Wildman–Crippen LogP) is 2.87. The lowest BCUT2D eigenvalue weighted by Crippen LogP contribution is -2.36. The molecule has 0 saturated carbocycles. The minimum Gasteiger partial charge on any atom is -0.320 e. The third kappa shape index (κ3) is 3.29. The zero-order valence-electron chi connectivity index (χ0n) is 13.5. The first kappa shape index (κ1) is 15.7. The quantitative estimate of drug-likeness (QED) is 0.891. The molecule has 0 spiro atoms. The molecule has 1 heterocycles. The molecule has 1 aromatic carbocycles. The number of hydrogen-bond acceptors (Lipinski definition) is 3. The van der Waals surface area contributed by atoms with Crippen molar-refractivity contribution >= 4 is 11.7 Å². The summed E-state index contributed by atoms with van der Waals surface area (Å²) in [6.07, 6.45) is 6.58. The maximum atomic E-state index is 12.2. The van der Waals surface area contributed by atoms with Crippen molar-refractivity contribution in [1.29, 1.82) is 0 Å². The third-order valence-corrected chi connectivity index (χ3v) is 4.49. The second-order valence-corrected chi connectivity index (χ2v) is 6.15. The van der Waals surface area contributed by atoms with Crippen LogP contribution >= 0.6 is 0 Å². The Balaban J connectivity index is 1.83. The summed E-state index contributed by atoms with van der Waals surface area (Å²) in [4.78, 5) is 12.2. The highest BCUT2D eigenvalue weighted by atomic mass is 16.2. The maximum absolute atomic E-state index is 12.2. The van der Waals surface area contributed by atoms with Crippen LogP contribution in [0, 0.1) is 0 Å². The number of amides is 1. The smallest absolute Gasteiger partial charge is 0.242 e. The second kappa shape index (κ2) is 6.96. The average molecular weight is 312 g/mol. The van der Waals surface area contributed by atoms with Crippen molar-refractivity contribution in [3.63, 3.8) is 0 Å². The molecule has 0 bridgehead atoms. The molecule has 2 unspecified atom stereocenters. The highest BCUT2D eigenvalue weighted by Gasteiger charge is 2.24. The fourth-order valence-electron chi connectivity index (χ4n) is 3.30. The minimum atomic E-state index is -0.470. The summed E-state index contributed by atoms with van der Waals surface area (Å²) in [7, 11) is 0. The van der Waals surface area contributed by atoms with Crippen LogP contribution in [0.5, 0.6) is 0 Å². The van der Waals surface area contributed by atoms with Gasteiger partial charge in [0.2, 0.25) is 5.91 Å². The van der Waals surface area contributed by atoms with Gasteiger partial charge in [0, 0.05) is 6.07 Å². The van der Waals surface area contributed by atoms with Gasteiger partial charge < -0.3 is 11.1 Å². The minimum absolute atomic E-state index is 0.141. The molecule has 1 aliphatic carbocycles. The van der Waals surface area contributed by atoms with Crippen LogP contribution in [-0.4, -0.2) is 21.7 Å². The monoisotopic (exact) mass is 312 g/mol. The number of fused-ring (bicyclic) bond motifs is 1. The topological polar surface area (TPSA) is 72.9 Å². The van der Waals surface area contributed by atoms with Crippen molar-refractivity contribution < 1.29 is 4.79 Å². The Kier molecular flexibility index (Phi) is 4.76. The molecule has 23 heavy (non-hydrogen) atoms. The van der Waals surface area contributed by atoms with E-state index in [0.29, 0.717) is 6.42 Å². The van der Waals surface area contributed by atoms with Crippen LogP contribution in [0.25, 0.3) is 0 Å². The molecule has 5 nitrogen and oxygen atoms in total. The lowest BCUT2D eigenvalue weighted by molar-refractivity contribution is -0.117. The molecule has 1 aromatic heterocycles. The number of carbonyl (C=O) groups excluding carboxylic acids is 1. The Morgan fingerprint density at radius 1 is 1.43 bits per heavy atom. The van der Waals surface area contributed by atoms with Crippen LogP contribution < -0.4 is 11.1 Å². The van der Waals surface area contributed by atoms with E-state index in [1.807, 2.05) is 17.7 Å². The molecule has 1 amide bonds. The normalized spacial score (nSPS) is 18.3. The number of anilines is 1. The number of carbonyl (C=O) groups is 1. The van der Waals surface area contributed by atoms with Gasteiger partial charge in [-0.2, -0.15) is 5.10 Å². The number of aromatic nitrogens is 2. The number of hydrogen-bond donors (Lipinski definition) is 2. The number of nitrogens with zero attached hydrogens (tertiary/aromatic N) is 2. The SMILES string of the molecule is CCCC(N)C(=O)Nc1ccnn1C1CCCc2ccccc21. The van der Waals surface area contributed by atoms with E-state index in [4.69, 9.17) is 5.73 Å². The third-order valence-electron chi connectivity index (χ3n) is 4.49. The van der Waals surface area contributed by atoms with Crippen LogP contribution in [0.3, 0.4) is 0 Å². The lowest BCUT2D eigenvalue weighted by Gasteiger charge is -2.27. The Morgan fingerprint density at radius 3 is 3.09 bits per heavy atom.